The monoisotopic (exact) mass is 375 g/mol. The predicted octanol–water partition coefficient (Wildman–Crippen LogP) is 0.881. The number of carbonyl (C=O) groups excluding carboxylic acids is 2. The van der Waals surface area contributed by atoms with Crippen LogP contribution in [0.5, 0.6) is 0 Å². The topological polar surface area (TPSA) is 117 Å². The fraction of sp³-hybridized carbons (Fsp3) is 0.389. The molecule has 0 saturated heterocycles. The molecule has 1 aromatic heterocycles. The molecule has 3 rings (SSSR count). The molecular formula is C18H21N3O4S. The molecule has 1 aromatic carbocycles. The number of carbonyl (C=O) groups is 2. The van der Waals surface area contributed by atoms with Crippen molar-refractivity contribution in [3.8, 4) is 0 Å². The van der Waals surface area contributed by atoms with Crippen molar-refractivity contribution < 1.29 is 19.8 Å². The van der Waals surface area contributed by atoms with Crippen LogP contribution in [0.3, 0.4) is 0 Å². The molecule has 1 aliphatic heterocycles. The molecule has 0 unspecified atom stereocenters. The molecule has 1 amide bonds. The second kappa shape index (κ2) is 7.94. The van der Waals surface area contributed by atoms with Crippen LogP contribution in [0.4, 0.5) is 5.13 Å². The summed E-state index contributed by atoms with van der Waals surface area (Å²) in [7, 11) is 0. The zero-order valence-corrected chi connectivity index (χ0v) is 15.0. The number of amides is 1. The molecule has 1 aliphatic rings. The van der Waals surface area contributed by atoms with Gasteiger partial charge in [-0.2, -0.15) is 0 Å². The summed E-state index contributed by atoms with van der Waals surface area (Å²) < 4.78 is 0. The van der Waals surface area contributed by atoms with Gasteiger partial charge in [-0.25, -0.2) is 4.98 Å². The maximum atomic E-state index is 12.4. The van der Waals surface area contributed by atoms with Crippen molar-refractivity contribution in [2.45, 2.75) is 44.6 Å². The van der Waals surface area contributed by atoms with Gasteiger partial charge in [0.2, 0.25) is 0 Å². The third-order valence-electron chi connectivity index (χ3n) is 4.46. The number of rotatable bonds is 7. The first-order valence-corrected chi connectivity index (χ1v) is 9.28. The molecular weight excluding hydrogens is 354 g/mol. The van der Waals surface area contributed by atoms with E-state index >= 15 is 0 Å². The Morgan fingerprint density at radius 2 is 1.85 bits per heavy atom. The van der Waals surface area contributed by atoms with Crippen molar-refractivity contribution in [2.24, 2.45) is 0 Å². The first-order chi connectivity index (χ1) is 12.5. The molecule has 0 bridgehead atoms. The van der Waals surface area contributed by atoms with Gasteiger partial charge in [-0.1, -0.05) is 24.3 Å². The van der Waals surface area contributed by atoms with Crippen LogP contribution in [0.2, 0.25) is 0 Å². The van der Waals surface area contributed by atoms with E-state index in [0.717, 1.165) is 16.8 Å². The lowest BCUT2D eigenvalue weighted by atomic mass is 10.0. The van der Waals surface area contributed by atoms with E-state index < -0.39 is 23.9 Å². The van der Waals surface area contributed by atoms with Gasteiger partial charge in [0, 0.05) is 24.9 Å². The summed E-state index contributed by atoms with van der Waals surface area (Å²) in [4.78, 5) is 30.0. The summed E-state index contributed by atoms with van der Waals surface area (Å²) in [5, 5.41) is 22.5. The van der Waals surface area contributed by atoms with Crippen LogP contribution in [0.15, 0.2) is 29.6 Å². The number of aromatic nitrogens is 1. The largest absolute Gasteiger partial charge is 0.382 e. The Hall–Kier alpha value is -2.29. The number of anilines is 1. The van der Waals surface area contributed by atoms with E-state index in [1.165, 1.54) is 16.2 Å². The number of Topliss-reactive ketones (excluding diaryl/α,β-unsaturated/α-hetero) is 1. The molecule has 0 radical (unpaired) electrons. The molecule has 4 N–H and O–H groups in total. The Labute approximate surface area is 155 Å². The molecule has 2 atom stereocenters. The van der Waals surface area contributed by atoms with E-state index in [0.29, 0.717) is 31.1 Å². The number of nitrogens with zero attached hydrogens (tertiary/aromatic N) is 2. The third kappa shape index (κ3) is 4.09. The summed E-state index contributed by atoms with van der Waals surface area (Å²) in [6.07, 6.45) is -2.38. The maximum absolute atomic E-state index is 12.4. The van der Waals surface area contributed by atoms with Gasteiger partial charge in [0.25, 0.3) is 5.91 Å². The molecule has 2 aromatic rings. The minimum absolute atomic E-state index is 0.0587. The quantitative estimate of drug-likeness (QED) is 0.661. The van der Waals surface area contributed by atoms with Gasteiger partial charge >= 0.3 is 0 Å². The highest BCUT2D eigenvalue weighted by molar-refractivity contribution is 7.13. The van der Waals surface area contributed by atoms with Gasteiger partial charge in [-0.3, -0.25) is 9.59 Å². The number of fused-ring (bicyclic) bond motifs is 1. The van der Waals surface area contributed by atoms with Crippen molar-refractivity contribution in [3.63, 3.8) is 0 Å². The smallest absolute Gasteiger partial charge is 0.255 e. The second-order valence-corrected chi connectivity index (χ2v) is 7.24. The van der Waals surface area contributed by atoms with Crippen molar-refractivity contribution >= 4 is 28.2 Å². The SMILES string of the molecule is Nc1nc(CCCC(=O)[C@H](O)[C@@H](O)C(=O)N2Cc3ccccc3C2)cs1. The van der Waals surface area contributed by atoms with Gasteiger partial charge in [0.15, 0.2) is 17.0 Å². The minimum Gasteiger partial charge on any atom is -0.382 e. The van der Waals surface area contributed by atoms with Crippen LogP contribution in [0.25, 0.3) is 0 Å². The van der Waals surface area contributed by atoms with Crippen LogP contribution in [-0.4, -0.2) is 44.0 Å². The highest BCUT2D eigenvalue weighted by Gasteiger charge is 2.34. The van der Waals surface area contributed by atoms with E-state index in [1.807, 2.05) is 29.6 Å². The Kier molecular flexibility index (Phi) is 5.65. The van der Waals surface area contributed by atoms with Crippen LogP contribution in [-0.2, 0) is 29.1 Å². The standard InChI is InChI=1S/C18H21N3O4S/c19-18-20-13(10-26-18)6-3-7-14(22)15(23)16(24)17(25)21-8-11-4-1-2-5-12(11)9-21/h1-2,4-5,10,15-16,23-24H,3,6-9H2,(H2,19,20)/t15-,16+/m0/s1. The molecule has 7 nitrogen and oxygen atoms in total. The van der Waals surface area contributed by atoms with Gasteiger partial charge < -0.3 is 20.8 Å². The zero-order valence-electron chi connectivity index (χ0n) is 14.2. The number of hydrogen-bond donors (Lipinski definition) is 3. The highest BCUT2D eigenvalue weighted by atomic mass is 32.1. The van der Waals surface area contributed by atoms with Crippen LogP contribution >= 0.6 is 11.3 Å². The molecule has 0 spiro atoms. The first kappa shape index (κ1) is 18.5. The molecule has 138 valence electrons. The van der Waals surface area contributed by atoms with E-state index in [4.69, 9.17) is 5.73 Å². The van der Waals surface area contributed by atoms with Crippen molar-refractivity contribution in [1.29, 1.82) is 0 Å². The number of ketones is 1. The number of thiazole rings is 1. The van der Waals surface area contributed by atoms with Gasteiger partial charge in [-0.05, 0) is 24.0 Å². The van der Waals surface area contributed by atoms with Crippen molar-refractivity contribution in [1.82, 2.24) is 9.88 Å². The maximum Gasteiger partial charge on any atom is 0.255 e. The number of aliphatic hydroxyl groups excluding tert-OH is 2. The molecule has 2 heterocycles. The number of hydrogen-bond acceptors (Lipinski definition) is 7. The third-order valence-corrected chi connectivity index (χ3v) is 5.18. The lowest BCUT2D eigenvalue weighted by Crippen LogP contribution is -2.46. The van der Waals surface area contributed by atoms with Gasteiger partial charge in [0.05, 0.1) is 5.69 Å². The van der Waals surface area contributed by atoms with Gasteiger partial charge in [-0.15, -0.1) is 11.3 Å². The predicted molar refractivity (Wildman–Crippen MR) is 97.2 cm³/mol. The Bertz CT molecular complexity index is 782. The van der Waals surface area contributed by atoms with Crippen LogP contribution < -0.4 is 5.73 Å². The fourth-order valence-corrected chi connectivity index (χ4v) is 3.61. The summed E-state index contributed by atoms with van der Waals surface area (Å²) in [6.45, 7) is 0.746. The minimum atomic E-state index is -1.74. The van der Waals surface area contributed by atoms with Crippen LogP contribution in [0, 0.1) is 0 Å². The second-order valence-electron chi connectivity index (χ2n) is 6.35. The molecule has 26 heavy (non-hydrogen) atoms. The van der Waals surface area contributed by atoms with Crippen LogP contribution in [0.1, 0.15) is 29.7 Å². The number of aliphatic hydroxyl groups is 2. The summed E-state index contributed by atoms with van der Waals surface area (Å²) in [5.41, 5.74) is 8.36. The summed E-state index contributed by atoms with van der Waals surface area (Å²) in [5.74, 6) is -1.18. The van der Waals surface area contributed by atoms with Crippen molar-refractivity contribution in [2.75, 3.05) is 5.73 Å². The normalized spacial score (nSPS) is 15.5. The molecule has 0 saturated carbocycles. The summed E-state index contributed by atoms with van der Waals surface area (Å²) in [6, 6.07) is 7.61. The van der Waals surface area contributed by atoms with E-state index in [2.05, 4.69) is 4.98 Å². The Morgan fingerprint density at radius 3 is 2.42 bits per heavy atom. The number of aryl methyl sites for hydroxylation is 1. The Morgan fingerprint density at radius 1 is 1.19 bits per heavy atom. The fourth-order valence-electron chi connectivity index (χ4n) is 3.02. The van der Waals surface area contributed by atoms with Gasteiger partial charge in [0.1, 0.15) is 6.10 Å². The Balaban J connectivity index is 1.49. The molecule has 0 aliphatic carbocycles. The van der Waals surface area contributed by atoms with Crippen molar-refractivity contribution in [3.05, 3.63) is 46.5 Å². The van der Waals surface area contributed by atoms with E-state index in [9.17, 15) is 19.8 Å². The van der Waals surface area contributed by atoms with E-state index in [-0.39, 0.29) is 6.42 Å². The molecule has 0 fully saturated rings. The first-order valence-electron chi connectivity index (χ1n) is 8.40. The average molecular weight is 375 g/mol. The zero-order chi connectivity index (χ0) is 18.7. The average Bonchev–Trinajstić information content (AvgIpc) is 3.25. The number of benzene rings is 1. The van der Waals surface area contributed by atoms with E-state index in [1.54, 1.807) is 0 Å². The molecule has 8 heteroatoms. The highest BCUT2D eigenvalue weighted by Crippen LogP contribution is 2.23. The number of nitrogens with two attached hydrogens (primary N) is 1. The lowest BCUT2D eigenvalue weighted by molar-refractivity contribution is -0.152. The summed E-state index contributed by atoms with van der Waals surface area (Å²) >= 11 is 1.33. The number of nitrogen functional groups attached to an aromatic ring is 1. The lowest BCUT2D eigenvalue weighted by Gasteiger charge is -2.22.